The van der Waals surface area contributed by atoms with Gasteiger partial charge in [0.05, 0.1) is 17.7 Å². The smallest absolute Gasteiger partial charge is 0.417 e. The van der Waals surface area contributed by atoms with Gasteiger partial charge in [0.25, 0.3) is 0 Å². The van der Waals surface area contributed by atoms with Crippen molar-refractivity contribution in [2.75, 3.05) is 0 Å². The Labute approximate surface area is 155 Å². The van der Waals surface area contributed by atoms with Crippen molar-refractivity contribution in [3.05, 3.63) is 34.3 Å². The van der Waals surface area contributed by atoms with Crippen LogP contribution in [0.5, 0.6) is 0 Å². The van der Waals surface area contributed by atoms with Gasteiger partial charge in [0.2, 0.25) is 0 Å². The average molecular weight is 392 g/mol. The second-order valence-electron chi connectivity index (χ2n) is 6.70. The number of carbonyl (C=O) groups is 1. The van der Waals surface area contributed by atoms with Crippen LogP contribution in [-0.2, 0) is 10.9 Å². The highest BCUT2D eigenvalue weighted by Gasteiger charge is 2.33. The molecule has 0 saturated heterocycles. The van der Waals surface area contributed by atoms with Gasteiger partial charge >= 0.3 is 12.3 Å². The van der Waals surface area contributed by atoms with Gasteiger partial charge in [-0.3, -0.25) is 0 Å². The molecule has 8 heteroatoms. The van der Waals surface area contributed by atoms with Crippen LogP contribution >= 0.6 is 11.6 Å². The topological polar surface area (TPSA) is 58.6 Å². The maximum atomic E-state index is 13.0. The molecule has 2 atom stereocenters. The van der Waals surface area contributed by atoms with Crippen molar-refractivity contribution in [2.24, 2.45) is 0 Å². The fourth-order valence-electron chi connectivity index (χ4n) is 1.88. The van der Waals surface area contributed by atoms with Crippen molar-refractivity contribution < 1.29 is 27.8 Å². The van der Waals surface area contributed by atoms with Crippen LogP contribution in [0.3, 0.4) is 0 Å². The molecule has 144 valence electrons. The number of hydrogen-bond acceptors (Lipinski definition) is 3. The molecule has 0 bridgehead atoms. The Balaban J connectivity index is 2.75. The van der Waals surface area contributed by atoms with Gasteiger partial charge in [-0.15, -0.1) is 0 Å². The molecule has 0 aliphatic carbocycles. The van der Waals surface area contributed by atoms with Gasteiger partial charge in [0, 0.05) is 17.0 Å². The van der Waals surface area contributed by atoms with Crippen LogP contribution in [0.1, 0.15) is 45.2 Å². The van der Waals surface area contributed by atoms with Crippen LogP contribution < -0.4 is 5.32 Å². The summed E-state index contributed by atoms with van der Waals surface area (Å²) in [6, 6.07) is 2.59. The van der Waals surface area contributed by atoms with Crippen molar-refractivity contribution in [3.63, 3.8) is 0 Å². The Morgan fingerprint density at radius 2 is 1.96 bits per heavy atom. The minimum absolute atomic E-state index is 0.0434. The second kappa shape index (κ2) is 8.65. The maximum absolute atomic E-state index is 13.0. The number of carbonyl (C=O) groups excluding carboxylic acids is 1. The predicted octanol–water partition coefficient (Wildman–Crippen LogP) is 4.37. The molecule has 2 N–H and O–H groups in total. The van der Waals surface area contributed by atoms with E-state index in [4.69, 9.17) is 16.3 Å². The van der Waals surface area contributed by atoms with Gasteiger partial charge in [-0.2, -0.15) is 13.2 Å². The number of benzene rings is 1. The Morgan fingerprint density at radius 3 is 2.50 bits per heavy atom. The first kappa shape index (κ1) is 22.1. The molecule has 0 radical (unpaired) electrons. The molecule has 0 spiro atoms. The van der Waals surface area contributed by atoms with Crippen molar-refractivity contribution >= 4 is 17.7 Å². The number of aliphatic hydroxyl groups excluding tert-OH is 1. The summed E-state index contributed by atoms with van der Waals surface area (Å²) in [6.45, 7) is 6.64. The van der Waals surface area contributed by atoms with E-state index in [1.54, 1.807) is 27.7 Å². The first-order valence-corrected chi connectivity index (χ1v) is 8.20. The maximum Gasteiger partial charge on any atom is 0.417 e. The molecule has 0 heterocycles. The lowest BCUT2D eigenvalue weighted by molar-refractivity contribution is -0.137. The van der Waals surface area contributed by atoms with Crippen LogP contribution in [0.4, 0.5) is 18.0 Å². The lowest BCUT2D eigenvalue weighted by Crippen LogP contribution is -2.43. The molecule has 0 fully saturated rings. The fourth-order valence-corrected chi connectivity index (χ4v) is 2.05. The molecule has 0 unspecified atom stereocenters. The van der Waals surface area contributed by atoms with E-state index in [0.717, 1.165) is 6.07 Å². The molecule has 0 aliphatic rings. The van der Waals surface area contributed by atoms with E-state index >= 15 is 0 Å². The first-order chi connectivity index (χ1) is 11.8. The molecular formula is C18H21ClF3NO3. The number of amides is 1. The third kappa shape index (κ3) is 7.54. The van der Waals surface area contributed by atoms with Crippen molar-refractivity contribution in [3.8, 4) is 11.8 Å². The number of halogens is 4. The zero-order chi connectivity index (χ0) is 20.1. The molecule has 0 saturated carbocycles. The van der Waals surface area contributed by atoms with Gasteiger partial charge in [-0.1, -0.05) is 23.4 Å². The highest BCUT2D eigenvalue weighted by molar-refractivity contribution is 6.30. The number of ether oxygens (including phenoxy) is 1. The van der Waals surface area contributed by atoms with E-state index in [9.17, 15) is 23.1 Å². The SMILES string of the molecule is C[C@H](NC(=O)OC(C)(C)C)[C@@H](O)CC#Cc1ccc(Cl)cc1C(F)(F)F. The van der Waals surface area contributed by atoms with E-state index in [2.05, 4.69) is 17.2 Å². The second-order valence-corrected chi connectivity index (χ2v) is 7.13. The van der Waals surface area contributed by atoms with Crippen molar-refractivity contribution in [2.45, 2.75) is 58.0 Å². The average Bonchev–Trinajstić information content (AvgIpc) is 2.45. The molecule has 4 nitrogen and oxygen atoms in total. The summed E-state index contributed by atoms with van der Waals surface area (Å²) in [5.41, 5.74) is -1.86. The van der Waals surface area contributed by atoms with Crippen LogP contribution in [-0.4, -0.2) is 28.9 Å². The van der Waals surface area contributed by atoms with Gasteiger partial charge in [0.1, 0.15) is 5.60 Å². The Hall–Kier alpha value is -1.91. The van der Waals surface area contributed by atoms with Crippen LogP contribution in [0.2, 0.25) is 5.02 Å². The van der Waals surface area contributed by atoms with Crippen LogP contribution in [0.15, 0.2) is 18.2 Å². The minimum atomic E-state index is -4.58. The summed E-state index contributed by atoms with van der Waals surface area (Å²) in [5.74, 6) is 4.89. The Kier molecular flexibility index (Phi) is 7.36. The number of hydrogen-bond donors (Lipinski definition) is 2. The normalized spacial score (nSPS) is 14.0. The van der Waals surface area contributed by atoms with E-state index in [-0.39, 0.29) is 17.0 Å². The molecule has 0 aromatic heterocycles. The number of aliphatic hydroxyl groups is 1. The fraction of sp³-hybridized carbons (Fsp3) is 0.500. The monoisotopic (exact) mass is 391 g/mol. The molecule has 26 heavy (non-hydrogen) atoms. The largest absolute Gasteiger partial charge is 0.444 e. The van der Waals surface area contributed by atoms with Gasteiger partial charge in [0.15, 0.2) is 0 Å². The van der Waals surface area contributed by atoms with Gasteiger partial charge in [-0.25, -0.2) is 4.79 Å². The standard InChI is InChI=1S/C18H21ClF3NO3/c1-11(23-16(25)26-17(2,3)4)15(24)7-5-6-12-8-9-13(19)10-14(12)18(20,21)22/h8-11,15,24H,7H2,1-4H3,(H,23,25)/t11-,15-/m0/s1. The zero-order valence-electron chi connectivity index (χ0n) is 14.9. The summed E-state index contributed by atoms with van der Waals surface area (Å²) in [7, 11) is 0. The van der Waals surface area contributed by atoms with Crippen LogP contribution in [0, 0.1) is 11.8 Å². The van der Waals surface area contributed by atoms with Gasteiger partial charge < -0.3 is 15.2 Å². The molecule has 0 aliphatic heterocycles. The third-order valence-corrected chi connectivity index (χ3v) is 3.38. The Bertz CT molecular complexity index is 702. The van der Waals surface area contributed by atoms with E-state index in [0.29, 0.717) is 0 Å². The highest BCUT2D eigenvalue weighted by Crippen LogP contribution is 2.33. The summed E-state index contributed by atoms with van der Waals surface area (Å²) < 4.78 is 44.0. The number of rotatable bonds is 3. The van der Waals surface area contributed by atoms with E-state index < -0.39 is 35.6 Å². The van der Waals surface area contributed by atoms with Crippen molar-refractivity contribution in [1.29, 1.82) is 0 Å². The Morgan fingerprint density at radius 1 is 1.35 bits per heavy atom. The molecule has 1 aromatic rings. The summed E-state index contributed by atoms with van der Waals surface area (Å²) in [6.07, 6.45) is -6.48. The lowest BCUT2D eigenvalue weighted by atomic mass is 10.1. The third-order valence-electron chi connectivity index (χ3n) is 3.14. The van der Waals surface area contributed by atoms with Crippen LogP contribution in [0.25, 0.3) is 0 Å². The first-order valence-electron chi connectivity index (χ1n) is 7.83. The molecule has 1 aromatic carbocycles. The number of alkyl carbamates (subject to hydrolysis) is 1. The number of alkyl halides is 3. The molecule has 1 amide bonds. The van der Waals surface area contributed by atoms with Crippen molar-refractivity contribution in [1.82, 2.24) is 5.32 Å². The lowest BCUT2D eigenvalue weighted by Gasteiger charge is -2.23. The highest BCUT2D eigenvalue weighted by atomic mass is 35.5. The quantitative estimate of drug-likeness (QED) is 0.752. The summed E-state index contributed by atoms with van der Waals surface area (Å²) >= 11 is 5.60. The predicted molar refractivity (Wildman–Crippen MR) is 92.8 cm³/mol. The molecule has 1 rings (SSSR count). The number of nitrogens with one attached hydrogen (secondary N) is 1. The van der Waals surface area contributed by atoms with Gasteiger partial charge in [-0.05, 0) is 45.9 Å². The van der Waals surface area contributed by atoms with E-state index in [1.807, 2.05) is 0 Å². The zero-order valence-corrected chi connectivity index (χ0v) is 15.6. The summed E-state index contributed by atoms with van der Waals surface area (Å²) in [4.78, 5) is 11.6. The minimum Gasteiger partial charge on any atom is -0.444 e. The summed E-state index contributed by atoms with van der Waals surface area (Å²) in [5, 5.41) is 12.4. The van der Waals surface area contributed by atoms with E-state index in [1.165, 1.54) is 12.1 Å². The molecular weight excluding hydrogens is 371 g/mol.